The molecule has 0 fully saturated rings. The molecule has 0 aromatic heterocycles. The molecule has 0 bridgehead atoms. The number of aryl methyl sites for hydroxylation is 1. The molecule has 1 aliphatic heterocycles. The number of fused-ring (bicyclic) bond motifs is 1. The summed E-state index contributed by atoms with van der Waals surface area (Å²) in [7, 11) is -4.08. The third kappa shape index (κ3) is 12.2. The van der Waals surface area contributed by atoms with Gasteiger partial charge in [0.15, 0.2) is 5.71 Å². The van der Waals surface area contributed by atoms with Crippen LogP contribution in [0.1, 0.15) is 143 Å². The van der Waals surface area contributed by atoms with Gasteiger partial charge in [0, 0.05) is 36.0 Å². The molecule has 0 aliphatic carbocycles. The molecule has 290 valence electrons. The van der Waals surface area contributed by atoms with E-state index in [2.05, 4.69) is 18.4 Å². The van der Waals surface area contributed by atoms with E-state index in [0.29, 0.717) is 26.0 Å². The lowest BCUT2D eigenvalue weighted by atomic mass is 9.74. The highest BCUT2D eigenvalue weighted by Gasteiger charge is 2.44. The Balaban J connectivity index is 1.80. The van der Waals surface area contributed by atoms with Gasteiger partial charge in [0.1, 0.15) is 6.54 Å². The van der Waals surface area contributed by atoms with Gasteiger partial charge < -0.3 is 14.9 Å². The first kappa shape index (κ1) is 43.3. The van der Waals surface area contributed by atoms with Gasteiger partial charge in [-0.1, -0.05) is 69.7 Å². The van der Waals surface area contributed by atoms with Crippen LogP contribution in [0.5, 0.6) is 0 Å². The number of unbranched alkanes of at least 4 members (excludes halogenated alkanes) is 7. The smallest absolute Gasteiger partial charge is 0.335 e. The Kier molecular flexibility index (Phi) is 15.8. The number of allylic oxidation sites excluding steroid dienone is 4. The lowest BCUT2D eigenvalue weighted by Gasteiger charge is -2.30. The van der Waals surface area contributed by atoms with Gasteiger partial charge in [0.05, 0.1) is 28.9 Å². The van der Waals surface area contributed by atoms with E-state index in [4.69, 9.17) is 4.74 Å². The third-order valence-corrected chi connectivity index (χ3v) is 11.2. The van der Waals surface area contributed by atoms with Gasteiger partial charge in [-0.3, -0.25) is 9.35 Å². The molecular formula is C42H58NO9S+. The first-order chi connectivity index (χ1) is 24.9. The van der Waals surface area contributed by atoms with Crippen LogP contribution in [-0.4, -0.2) is 70.3 Å². The van der Waals surface area contributed by atoms with Crippen LogP contribution in [-0.2, 0) is 36.9 Å². The summed E-state index contributed by atoms with van der Waals surface area (Å²) < 4.78 is 39.0. The van der Waals surface area contributed by atoms with Crippen molar-refractivity contribution in [1.82, 2.24) is 0 Å². The lowest BCUT2D eigenvalue weighted by Crippen LogP contribution is -2.28. The van der Waals surface area contributed by atoms with Gasteiger partial charge in [-0.25, -0.2) is 9.59 Å². The normalized spacial score (nSPS) is 14.5. The molecule has 0 spiro atoms. The Bertz CT molecular complexity index is 1830. The topological polar surface area (TPSA) is 158 Å². The summed E-state index contributed by atoms with van der Waals surface area (Å²) in [6.07, 6.45) is 15.3. The highest BCUT2D eigenvalue weighted by Crippen LogP contribution is 2.41. The van der Waals surface area contributed by atoms with Gasteiger partial charge in [0.25, 0.3) is 10.1 Å². The third-order valence-electron chi connectivity index (χ3n) is 10.4. The first-order valence-electron chi connectivity index (χ1n) is 18.8. The molecule has 0 amide bonds. The highest BCUT2D eigenvalue weighted by atomic mass is 32.2. The first-order valence-corrected chi connectivity index (χ1v) is 20.4. The SMILES string of the molecule is CCOC(=O)CCCCCCCCCc1ccc(C(=O)O)cc1C(C)(C)/C(C)=C\C=C\C1=[N+](CCCCS(=O)(=O)O)c2ccc(C(=O)O)cc2C1(C)C. The van der Waals surface area contributed by atoms with Crippen molar-refractivity contribution in [3.63, 3.8) is 0 Å². The molecule has 3 N–H and O–H groups in total. The number of ether oxygens (including phenoxy) is 1. The van der Waals surface area contributed by atoms with Crippen LogP contribution in [0, 0.1) is 0 Å². The summed E-state index contributed by atoms with van der Waals surface area (Å²) in [6.45, 7) is 13.0. The van der Waals surface area contributed by atoms with Crippen molar-refractivity contribution in [3.8, 4) is 0 Å². The van der Waals surface area contributed by atoms with Crippen molar-refractivity contribution in [2.45, 2.75) is 123 Å². The minimum absolute atomic E-state index is 0.128. The number of hydrogen-bond acceptors (Lipinski definition) is 6. The van der Waals surface area contributed by atoms with Crippen molar-refractivity contribution in [2.24, 2.45) is 0 Å². The fourth-order valence-electron chi connectivity index (χ4n) is 7.02. The second kappa shape index (κ2) is 19.3. The Morgan fingerprint density at radius 3 is 2.09 bits per heavy atom. The van der Waals surface area contributed by atoms with E-state index in [0.717, 1.165) is 85.0 Å². The van der Waals surface area contributed by atoms with Crippen molar-refractivity contribution in [2.75, 3.05) is 18.9 Å². The molecule has 0 radical (unpaired) electrons. The number of carboxylic acid groups (broad SMARTS) is 2. The zero-order valence-corrected chi connectivity index (χ0v) is 33.1. The molecular weight excluding hydrogens is 695 g/mol. The number of rotatable bonds is 22. The van der Waals surface area contributed by atoms with Crippen molar-refractivity contribution in [3.05, 3.63) is 88.0 Å². The monoisotopic (exact) mass is 752 g/mol. The summed E-state index contributed by atoms with van der Waals surface area (Å²) >= 11 is 0. The molecule has 1 aliphatic rings. The average molecular weight is 753 g/mol. The number of benzene rings is 2. The maximum absolute atomic E-state index is 12.0. The van der Waals surface area contributed by atoms with Crippen LogP contribution in [0.4, 0.5) is 5.69 Å². The number of carbonyl (C=O) groups excluding carboxylic acids is 1. The number of carboxylic acids is 2. The van der Waals surface area contributed by atoms with E-state index >= 15 is 0 Å². The Morgan fingerprint density at radius 1 is 0.868 bits per heavy atom. The largest absolute Gasteiger partial charge is 0.478 e. The highest BCUT2D eigenvalue weighted by molar-refractivity contribution is 7.85. The molecule has 0 saturated carbocycles. The summed E-state index contributed by atoms with van der Waals surface area (Å²) in [6, 6.07) is 10.5. The minimum Gasteiger partial charge on any atom is -0.478 e. The zero-order chi connectivity index (χ0) is 39.4. The maximum atomic E-state index is 12.0. The molecule has 53 heavy (non-hydrogen) atoms. The average Bonchev–Trinajstić information content (AvgIpc) is 3.29. The second-order valence-corrected chi connectivity index (χ2v) is 16.6. The molecule has 2 aromatic rings. The molecule has 2 aromatic carbocycles. The van der Waals surface area contributed by atoms with Gasteiger partial charge >= 0.3 is 17.9 Å². The van der Waals surface area contributed by atoms with Crippen LogP contribution >= 0.6 is 0 Å². The van der Waals surface area contributed by atoms with E-state index in [9.17, 15) is 37.6 Å². The van der Waals surface area contributed by atoms with Crippen molar-refractivity contribution in [1.29, 1.82) is 0 Å². The standard InChI is InChI=1S/C42H57NO9S/c1-7-52-38(44)21-14-12-10-8-9-11-13-19-31-22-23-32(39(45)46)28-34(31)41(3,4)30(2)18-17-20-37-42(5,6)35-29-33(40(47)48)24-25-36(35)43(37)26-15-16-27-53(49,50)51/h17-18,20,22-25,28-29H,7-16,19,21,26-27H2,1-6H3,(H2-,45,46,47,48,49,50,51)/p+1/b20-17+,30-18-. The fourth-order valence-corrected chi connectivity index (χ4v) is 7.59. The zero-order valence-electron chi connectivity index (χ0n) is 32.2. The molecule has 11 heteroatoms. The van der Waals surface area contributed by atoms with Crippen LogP contribution in [0.25, 0.3) is 0 Å². The van der Waals surface area contributed by atoms with Gasteiger partial charge in [-0.2, -0.15) is 13.0 Å². The Hall–Kier alpha value is -4.09. The number of aromatic carboxylic acids is 2. The quantitative estimate of drug-likeness (QED) is 0.0351. The van der Waals surface area contributed by atoms with Gasteiger partial charge in [0.2, 0.25) is 5.69 Å². The van der Waals surface area contributed by atoms with Crippen LogP contribution in [0.15, 0.2) is 60.2 Å². The second-order valence-electron chi connectivity index (χ2n) is 15.0. The predicted octanol–water partition coefficient (Wildman–Crippen LogP) is 8.83. The summed E-state index contributed by atoms with van der Waals surface area (Å²) in [5.74, 6) is -2.45. The van der Waals surface area contributed by atoms with Crippen molar-refractivity contribution >= 4 is 39.4 Å². The van der Waals surface area contributed by atoms with Crippen LogP contribution in [0.3, 0.4) is 0 Å². The number of esters is 1. The number of hydrogen-bond donors (Lipinski definition) is 3. The van der Waals surface area contributed by atoms with Crippen LogP contribution < -0.4 is 0 Å². The fraction of sp³-hybridized carbons (Fsp3) is 0.524. The molecule has 0 atom stereocenters. The molecule has 0 saturated heterocycles. The van der Waals surface area contributed by atoms with E-state index in [1.165, 1.54) is 0 Å². The van der Waals surface area contributed by atoms with Gasteiger partial charge in [-0.05, 0) is 88.8 Å². The summed E-state index contributed by atoms with van der Waals surface area (Å²) in [5.41, 5.74) is 5.16. The summed E-state index contributed by atoms with van der Waals surface area (Å²) in [5, 5.41) is 19.5. The molecule has 10 nitrogen and oxygen atoms in total. The van der Waals surface area contributed by atoms with E-state index < -0.39 is 32.9 Å². The molecule has 1 heterocycles. The van der Waals surface area contributed by atoms with E-state index in [1.807, 2.05) is 52.0 Å². The lowest BCUT2D eigenvalue weighted by molar-refractivity contribution is -0.438. The number of carbonyl (C=O) groups is 3. The Labute approximate surface area is 315 Å². The van der Waals surface area contributed by atoms with E-state index in [1.54, 1.807) is 30.3 Å². The Morgan fingerprint density at radius 2 is 1.47 bits per heavy atom. The van der Waals surface area contributed by atoms with Crippen LogP contribution in [0.2, 0.25) is 0 Å². The van der Waals surface area contributed by atoms with Gasteiger partial charge in [-0.15, -0.1) is 0 Å². The maximum Gasteiger partial charge on any atom is 0.335 e. The van der Waals surface area contributed by atoms with Crippen molar-refractivity contribution < 1.29 is 46.9 Å². The number of nitrogens with zero attached hydrogens (tertiary/aromatic N) is 1. The predicted molar refractivity (Wildman–Crippen MR) is 208 cm³/mol. The van der Waals surface area contributed by atoms with E-state index in [-0.39, 0.29) is 29.3 Å². The molecule has 3 rings (SSSR count). The summed E-state index contributed by atoms with van der Waals surface area (Å²) in [4.78, 5) is 35.3. The minimum atomic E-state index is -4.08. The molecule has 0 unspecified atom stereocenters.